The molecule has 4 heteroatoms. The summed E-state index contributed by atoms with van der Waals surface area (Å²) in [5.74, 6) is -0.949. The fourth-order valence-corrected chi connectivity index (χ4v) is 1.34. The zero-order valence-corrected chi connectivity index (χ0v) is 8.96. The van der Waals surface area contributed by atoms with E-state index in [0.29, 0.717) is 5.56 Å². The van der Waals surface area contributed by atoms with Crippen molar-refractivity contribution in [3.8, 4) is 0 Å². The van der Waals surface area contributed by atoms with Crippen LogP contribution in [0.25, 0.3) is 0 Å². The molecule has 0 saturated carbocycles. The van der Waals surface area contributed by atoms with E-state index >= 15 is 0 Å². The first-order chi connectivity index (χ1) is 7.02. The molecule has 1 aromatic carbocycles. The molecule has 1 N–H and O–H groups in total. The first-order valence-electron chi connectivity index (χ1n) is 4.56. The van der Waals surface area contributed by atoms with Crippen LogP contribution >= 0.6 is 0 Å². The number of rotatable bonds is 1. The average molecular weight is 207 g/mol. The molecule has 0 unspecified atom stereocenters. The molecule has 0 heterocycles. The second kappa shape index (κ2) is 4.59. The molecule has 0 fully saturated rings. The van der Waals surface area contributed by atoms with Crippen LogP contribution in [0.4, 0.5) is 0 Å². The fraction of sp³-hybridized carbons (Fsp3) is 0.273. The van der Waals surface area contributed by atoms with Gasteiger partial charge in [0, 0.05) is 12.5 Å². The number of carbonyl (C=O) groups excluding carboxylic acids is 2. The Bertz CT molecular complexity index is 379. The Labute approximate surface area is 88.2 Å². The Morgan fingerprint density at radius 1 is 1.20 bits per heavy atom. The molecule has 0 aliphatic carbocycles. The molecule has 0 bridgehead atoms. The van der Waals surface area contributed by atoms with Gasteiger partial charge in [-0.25, -0.2) is 0 Å². The standard InChI is InChI=1S/C11H13NO3/c1-7-5-4-6-8(2)10(7)11(14)12-15-9(3)13/h4-6H,1-3H3,(H,12,14). The number of amides is 1. The molecule has 0 spiro atoms. The predicted molar refractivity (Wildman–Crippen MR) is 55.1 cm³/mol. The highest BCUT2D eigenvalue weighted by atomic mass is 16.7. The molecule has 0 aromatic heterocycles. The average Bonchev–Trinajstić information content (AvgIpc) is 2.14. The molecule has 0 radical (unpaired) electrons. The lowest BCUT2D eigenvalue weighted by atomic mass is 10.0. The summed E-state index contributed by atoms with van der Waals surface area (Å²) in [6.07, 6.45) is 0. The van der Waals surface area contributed by atoms with Crippen LogP contribution in [0.3, 0.4) is 0 Å². The van der Waals surface area contributed by atoms with Gasteiger partial charge in [0.25, 0.3) is 5.91 Å². The van der Waals surface area contributed by atoms with Crippen molar-refractivity contribution in [1.29, 1.82) is 0 Å². The van der Waals surface area contributed by atoms with Crippen LogP contribution in [-0.4, -0.2) is 11.9 Å². The summed E-state index contributed by atoms with van der Waals surface area (Å²) in [5.41, 5.74) is 4.33. The van der Waals surface area contributed by atoms with Gasteiger partial charge in [0.15, 0.2) is 0 Å². The zero-order valence-electron chi connectivity index (χ0n) is 8.96. The first-order valence-corrected chi connectivity index (χ1v) is 4.56. The summed E-state index contributed by atoms with van der Waals surface area (Å²) in [5, 5.41) is 0. The van der Waals surface area contributed by atoms with Crippen molar-refractivity contribution in [2.75, 3.05) is 0 Å². The molecule has 80 valence electrons. The zero-order chi connectivity index (χ0) is 11.4. The van der Waals surface area contributed by atoms with E-state index in [1.807, 2.05) is 32.0 Å². The third-order valence-corrected chi connectivity index (χ3v) is 2.00. The van der Waals surface area contributed by atoms with Crippen LogP contribution < -0.4 is 5.48 Å². The summed E-state index contributed by atoms with van der Waals surface area (Å²) >= 11 is 0. The monoisotopic (exact) mass is 207 g/mol. The van der Waals surface area contributed by atoms with E-state index in [-0.39, 0.29) is 0 Å². The van der Waals surface area contributed by atoms with E-state index in [2.05, 4.69) is 10.3 Å². The highest BCUT2D eigenvalue weighted by Crippen LogP contribution is 2.12. The van der Waals surface area contributed by atoms with Crippen LogP contribution in [0.15, 0.2) is 18.2 Å². The number of aryl methyl sites for hydroxylation is 2. The van der Waals surface area contributed by atoms with Gasteiger partial charge < -0.3 is 4.84 Å². The lowest BCUT2D eigenvalue weighted by Crippen LogP contribution is -2.27. The second-order valence-electron chi connectivity index (χ2n) is 3.29. The van der Waals surface area contributed by atoms with Gasteiger partial charge >= 0.3 is 5.97 Å². The van der Waals surface area contributed by atoms with Gasteiger partial charge in [-0.1, -0.05) is 18.2 Å². The van der Waals surface area contributed by atoms with E-state index in [0.717, 1.165) is 11.1 Å². The van der Waals surface area contributed by atoms with Crippen molar-refractivity contribution < 1.29 is 14.4 Å². The van der Waals surface area contributed by atoms with Crippen LogP contribution in [0.5, 0.6) is 0 Å². The molecule has 0 atom stereocenters. The highest BCUT2D eigenvalue weighted by Gasteiger charge is 2.12. The third kappa shape index (κ3) is 2.80. The van der Waals surface area contributed by atoms with Gasteiger partial charge in [0.05, 0.1) is 0 Å². The Morgan fingerprint density at radius 3 is 2.20 bits per heavy atom. The van der Waals surface area contributed by atoms with Gasteiger partial charge in [-0.3, -0.25) is 9.59 Å². The number of nitrogens with one attached hydrogen (secondary N) is 1. The number of benzene rings is 1. The van der Waals surface area contributed by atoms with E-state index < -0.39 is 11.9 Å². The molecule has 15 heavy (non-hydrogen) atoms. The lowest BCUT2D eigenvalue weighted by Gasteiger charge is -2.08. The Hall–Kier alpha value is -1.84. The largest absolute Gasteiger partial charge is 0.341 e. The summed E-state index contributed by atoms with van der Waals surface area (Å²) in [4.78, 5) is 26.5. The summed E-state index contributed by atoms with van der Waals surface area (Å²) < 4.78 is 0. The normalized spacial score (nSPS) is 9.53. The highest BCUT2D eigenvalue weighted by molar-refractivity contribution is 5.96. The molecule has 1 rings (SSSR count). The Balaban J connectivity index is 2.86. The minimum Gasteiger partial charge on any atom is -0.341 e. The number of hydroxylamine groups is 1. The molecule has 0 saturated heterocycles. The molecule has 1 amide bonds. The van der Waals surface area contributed by atoms with Gasteiger partial charge in [0.2, 0.25) is 0 Å². The maximum atomic E-state index is 11.6. The Morgan fingerprint density at radius 2 is 1.73 bits per heavy atom. The van der Waals surface area contributed by atoms with Crippen molar-refractivity contribution in [2.45, 2.75) is 20.8 Å². The number of hydrogen-bond acceptors (Lipinski definition) is 3. The smallest absolute Gasteiger partial charge is 0.329 e. The Kier molecular flexibility index (Phi) is 3.44. The van der Waals surface area contributed by atoms with E-state index in [1.165, 1.54) is 6.92 Å². The van der Waals surface area contributed by atoms with Crippen molar-refractivity contribution in [3.05, 3.63) is 34.9 Å². The van der Waals surface area contributed by atoms with Crippen molar-refractivity contribution >= 4 is 11.9 Å². The minimum atomic E-state index is -0.547. The van der Waals surface area contributed by atoms with Crippen molar-refractivity contribution in [3.63, 3.8) is 0 Å². The number of hydrogen-bond donors (Lipinski definition) is 1. The van der Waals surface area contributed by atoms with Gasteiger partial charge in [-0.05, 0) is 25.0 Å². The van der Waals surface area contributed by atoms with Crippen LogP contribution in [0.2, 0.25) is 0 Å². The summed E-state index contributed by atoms with van der Waals surface area (Å²) in [6.45, 7) is 4.89. The maximum absolute atomic E-state index is 11.6. The van der Waals surface area contributed by atoms with Crippen molar-refractivity contribution in [1.82, 2.24) is 5.48 Å². The molecule has 0 aliphatic rings. The quantitative estimate of drug-likeness (QED) is 0.710. The summed E-state index contributed by atoms with van der Waals surface area (Å²) in [6, 6.07) is 5.53. The second-order valence-corrected chi connectivity index (χ2v) is 3.29. The number of carbonyl (C=O) groups is 2. The van der Waals surface area contributed by atoms with Crippen LogP contribution in [0, 0.1) is 13.8 Å². The lowest BCUT2D eigenvalue weighted by molar-refractivity contribution is -0.146. The van der Waals surface area contributed by atoms with Crippen LogP contribution in [-0.2, 0) is 9.63 Å². The van der Waals surface area contributed by atoms with E-state index in [4.69, 9.17) is 0 Å². The van der Waals surface area contributed by atoms with Crippen LogP contribution in [0.1, 0.15) is 28.4 Å². The molecular weight excluding hydrogens is 194 g/mol. The van der Waals surface area contributed by atoms with E-state index in [9.17, 15) is 9.59 Å². The summed E-state index contributed by atoms with van der Waals surface area (Å²) in [7, 11) is 0. The minimum absolute atomic E-state index is 0.402. The SMILES string of the molecule is CC(=O)ONC(=O)c1c(C)cccc1C. The third-order valence-electron chi connectivity index (χ3n) is 2.00. The molecular formula is C11H13NO3. The first kappa shape index (κ1) is 11.2. The topological polar surface area (TPSA) is 55.4 Å². The molecule has 1 aromatic rings. The van der Waals surface area contributed by atoms with Crippen molar-refractivity contribution in [2.24, 2.45) is 0 Å². The van der Waals surface area contributed by atoms with Gasteiger partial charge in [0.1, 0.15) is 0 Å². The predicted octanol–water partition coefficient (Wildman–Crippen LogP) is 1.51. The maximum Gasteiger partial charge on any atom is 0.329 e. The molecule has 0 aliphatic heterocycles. The van der Waals surface area contributed by atoms with Gasteiger partial charge in [-0.2, -0.15) is 5.48 Å². The van der Waals surface area contributed by atoms with E-state index in [1.54, 1.807) is 0 Å². The van der Waals surface area contributed by atoms with Gasteiger partial charge in [-0.15, -0.1) is 0 Å². The fourth-order valence-electron chi connectivity index (χ4n) is 1.34. The molecule has 4 nitrogen and oxygen atoms in total.